The minimum atomic E-state index is -0.624. The van der Waals surface area contributed by atoms with E-state index in [-0.39, 0.29) is 30.1 Å². The predicted octanol–water partition coefficient (Wildman–Crippen LogP) is 4.58. The highest BCUT2D eigenvalue weighted by atomic mass is 16.2. The van der Waals surface area contributed by atoms with Crippen molar-refractivity contribution in [2.75, 3.05) is 5.32 Å². The molecule has 0 aliphatic heterocycles. The SMILES string of the molecule is CCCC(=O)Nc1ccc(CNC(=O)C(NC(=O)Cc2ccc3ccccc3c2)C(C)C)cc1. The standard InChI is InChI=1S/C28H33N3O3/c1-4-7-25(32)30-24-14-11-20(12-15-24)18-29-28(34)27(19(2)3)31-26(33)17-21-10-13-22-8-5-6-9-23(22)16-21/h5-6,8-16,19,27H,4,7,17-18H2,1-3H3,(H,29,34)(H,30,32)(H,31,33). The van der Waals surface area contributed by atoms with Gasteiger partial charge in [-0.3, -0.25) is 14.4 Å². The molecule has 3 aromatic carbocycles. The Hall–Kier alpha value is -3.67. The summed E-state index contributed by atoms with van der Waals surface area (Å²) in [5.41, 5.74) is 2.55. The zero-order chi connectivity index (χ0) is 24.5. The van der Waals surface area contributed by atoms with Gasteiger partial charge in [-0.05, 0) is 46.4 Å². The minimum absolute atomic E-state index is 0.0113. The van der Waals surface area contributed by atoms with E-state index >= 15 is 0 Å². The number of carbonyl (C=O) groups excluding carboxylic acids is 3. The molecule has 6 heteroatoms. The van der Waals surface area contributed by atoms with E-state index in [1.54, 1.807) is 0 Å². The zero-order valence-corrected chi connectivity index (χ0v) is 20.1. The van der Waals surface area contributed by atoms with Gasteiger partial charge >= 0.3 is 0 Å². The third-order valence-electron chi connectivity index (χ3n) is 5.63. The molecule has 0 spiro atoms. The molecule has 3 amide bonds. The first kappa shape index (κ1) is 25.0. The van der Waals surface area contributed by atoms with E-state index in [0.717, 1.165) is 34.0 Å². The van der Waals surface area contributed by atoms with Crippen LogP contribution in [0.4, 0.5) is 5.69 Å². The lowest BCUT2D eigenvalue weighted by atomic mass is 10.0. The summed E-state index contributed by atoms with van der Waals surface area (Å²) in [5.74, 6) is -0.474. The summed E-state index contributed by atoms with van der Waals surface area (Å²) >= 11 is 0. The Morgan fingerprint density at radius 3 is 2.18 bits per heavy atom. The van der Waals surface area contributed by atoms with Crippen molar-refractivity contribution in [1.29, 1.82) is 0 Å². The van der Waals surface area contributed by atoms with Gasteiger partial charge in [-0.2, -0.15) is 0 Å². The van der Waals surface area contributed by atoms with Crippen LogP contribution in [0.2, 0.25) is 0 Å². The summed E-state index contributed by atoms with van der Waals surface area (Å²) in [6, 6.07) is 20.7. The molecular formula is C28H33N3O3. The van der Waals surface area contributed by atoms with Crippen LogP contribution in [0.25, 0.3) is 10.8 Å². The summed E-state index contributed by atoms with van der Waals surface area (Å²) in [6.45, 7) is 6.12. The van der Waals surface area contributed by atoms with Gasteiger partial charge in [0.05, 0.1) is 6.42 Å². The van der Waals surface area contributed by atoms with E-state index < -0.39 is 6.04 Å². The fourth-order valence-corrected chi connectivity index (χ4v) is 3.75. The fourth-order valence-electron chi connectivity index (χ4n) is 3.75. The van der Waals surface area contributed by atoms with Crippen LogP contribution in [-0.2, 0) is 27.3 Å². The molecule has 0 radical (unpaired) electrons. The van der Waals surface area contributed by atoms with E-state index in [0.29, 0.717) is 13.0 Å². The Bertz CT molecular complexity index is 1140. The summed E-state index contributed by atoms with van der Waals surface area (Å²) in [4.78, 5) is 37.2. The van der Waals surface area contributed by atoms with Crippen molar-refractivity contribution in [1.82, 2.24) is 10.6 Å². The van der Waals surface area contributed by atoms with Gasteiger partial charge in [0.2, 0.25) is 17.7 Å². The first-order valence-corrected chi connectivity index (χ1v) is 11.8. The minimum Gasteiger partial charge on any atom is -0.350 e. The van der Waals surface area contributed by atoms with Crippen LogP contribution in [0, 0.1) is 5.92 Å². The lowest BCUT2D eigenvalue weighted by Crippen LogP contribution is -2.49. The number of nitrogens with one attached hydrogen (secondary N) is 3. The van der Waals surface area contributed by atoms with Crippen LogP contribution in [0.15, 0.2) is 66.7 Å². The highest BCUT2D eigenvalue weighted by molar-refractivity contribution is 5.91. The lowest BCUT2D eigenvalue weighted by Gasteiger charge is -2.22. The normalized spacial score (nSPS) is 11.8. The number of fused-ring (bicyclic) bond motifs is 1. The zero-order valence-electron chi connectivity index (χ0n) is 20.1. The van der Waals surface area contributed by atoms with E-state index in [9.17, 15) is 14.4 Å². The number of anilines is 1. The molecule has 0 aliphatic rings. The Labute approximate surface area is 201 Å². The van der Waals surface area contributed by atoms with Crippen molar-refractivity contribution in [3.05, 3.63) is 77.9 Å². The van der Waals surface area contributed by atoms with Crippen molar-refractivity contribution < 1.29 is 14.4 Å². The molecule has 0 saturated heterocycles. The number of carbonyl (C=O) groups is 3. The first-order valence-electron chi connectivity index (χ1n) is 11.8. The largest absolute Gasteiger partial charge is 0.350 e. The summed E-state index contributed by atoms with van der Waals surface area (Å²) < 4.78 is 0. The summed E-state index contributed by atoms with van der Waals surface area (Å²) in [5, 5.41) is 10.9. The van der Waals surface area contributed by atoms with Gasteiger partial charge in [0.25, 0.3) is 0 Å². The molecule has 6 nitrogen and oxygen atoms in total. The van der Waals surface area contributed by atoms with Crippen molar-refractivity contribution >= 4 is 34.2 Å². The Morgan fingerprint density at radius 2 is 1.50 bits per heavy atom. The molecule has 3 N–H and O–H groups in total. The van der Waals surface area contributed by atoms with Crippen molar-refractivity contribution in [3.63, 3.8) is 0 Å². The molecule has 0 aromatic heterocycles. The molecule has 0 saturated carbocycles. The highest BCUT2D eigenvalue weighted by Crippen LogP contribution is 2.16. The average molecular weight is 460 g/mol. The van der Waals surface area contributed by atoms with Gasteiger partial charge in [-0.1, -0.05) is 75.4 Å². The Morgan fingerprint density at radius 1 is 0.824 bits per heavy atom. The molecular weight excluding hydrogens is 426 g/mol. The molecule has 3 rings (SSSR count). The van der Waals surface area contributed by atoms with E-state index in [4.69, 9.17) is 0 Å². The molecule has 0 fully saturated rings. The lowest BCUT2D eigenvalue weighted by molar-refractivity contribution is -0.129. The topological polar surface area (TPSA) is 87.3 Å². The van der Waals surface area contributed by atoms with Crippen LogP contribution in [0.5, 0.6) is 0 Å². The predicted molar refractivity (Wildman–Crippen MR) is 136 cm³/mol. The molecule has 0 aliphatic carbocycles. The van der Waals surface area contributed by atoms with Gasteiger partial charge < -0.3 is 16.0 Å². The van der Waals surface area contributed by atoms with Gasteiger partial charge in [0.1, 0.15) is 6.04 Å². The smallest absolute Gasteiger partial charge is 0.243 e. The summed E-state index contributed by atoms with van der Waals surface area (Å²) in [6.07, 6.45) is 1.50. The van der Waals surface area contributed by atoms with Gasteiger partial charge in [0, 0.05) is 18.7 Å². The highest BCUT2D eigenvalue weighted by Gasteiger charge is 2.24. The molecule has 1 atom stereocenters. The third-order valence-corrected chi connectivity index (χ3v) is 5.63. The average Bonchev–Trinajstić information content (AvgIpc) is 2.82. The molecule has 178 valence electrons. The Kier molecular flexibility index (Phi) is 8.79. The monoisotopic (exact) mass is 459 g/mol. The van der Waals surface area contributed by atoms with Crippen LogP contribution in [0.1, 0.15) is 44.7 Å². The number of amides is 3. The second kappa shape index (κ2) is 12.0. The van der Waals surface area contributed by atoms with Gasteiger partial charge in [-0.15, -0.1) is 0 Å². The molecule has 3 aromatic rings. The number of hydrogen-bond donors (Lipinski definition) is 3. The quantitative estimate of drug-likeness (QED) is 0.415. The summed E-state index contributed by atoms with van der Waals surface area (Å²) in [7, 11) is 0. The number of hydrogen-bond acceptors (Lipinski definition) is 3. The molecule has 0 heterocycles. The second-order valence-corrected chi connectivity index (χ2v) is 8.86. The van der Waals surface area contributed by atoms with Gasteiger partial charge in [0.15, 0.2) is 0 Å². The second-order valence-electron chi connectivity index (χ2n) is 8.86. The van der Waals surface area contributed by atoms with Crippen molar-refractivity contribution in [2.24, 2.45) is 5.92 Å². The van der Waals surface area contributed by atoms with E-state index in [2.05, 4.69) is 16.0 Å². The van der Waals surface area contributed by atoms with Crippen LogP contribution in [0.3, 0.4) is 0 Å². The maximum atomic E-state index is 12.8. The number of rotatable bonds is 10. The molecule has 1 unspecified atom stereocenters. The maximum absolute atomic E-state index is 12.8. The van der Waals surface area contributed by atoms with E-state index in [1.165, 1.54) is 0 Å². The van der Waals surface area contributed by atoms with Crippen molar-refractivity contribution in [2.45, 2.75) is 52.6 Å². The van der Waals surface area contributed by atoms with Crippen LogP contribution in [-0.4, -0.2) is 23.8 Å². The Balaban J connectivity index is 1.54. The van der Waals surface area contributed by atoms with E-state index in [1.807, 2.05) is 87.5 Å². The first-order chi connectivity index (χ1) is 16.4. The number of benzene rings is 3. The van der Waals surface area contributed by atoms with Crippen LogP contribution < -0.4 is 16.0 Å². The molecule has 0 bridgehead atoms. The third kappa shape index (κ3) is 7.17. The van der Waals surface area contributed by atoms with Gasteiger partial charge in [-0.25, -0.2) is 0 Å². The van der Waals surface area contributed by atoms with Crippen molar-refractivity contribution in [3.8, 4) is 0 Å². The van der Waals surface area contributed by atoms with Crippen LogP contribution >= 0.6 is 0 Å². The molecule has 34 heavy (non-hydrogen) atoms. The fraction of sp³-hybridized carbons (Fsp3) is 0.321. The maximum Gasteiger partial charge on any atom is 0.243 e.